The van der Waals surface area contributed by atoms with E-state index in [1.165, 1.54) is 0 Å². The van der Waals surface area contributed by atoms with Crippen molar-refractivity contribution >= 4 is 28.6 Å². The van der Waals surface area contributed by atoms with E-state index < -0.39 is 0 Å². The average Bonchev–Trinajstić information content (AvgIpc) is 2.93. The molecule has 2 aromatic rings. The number of rotatable bonds is 3. The summed E-state index contributed by atoms with van der Waals surface area (Å²) >= 11 is 7.76. The highest BCUT2D eigenvalue weighted by atomic mass is 35.5. The Bertz CT molecular complexity index is 678. The maximum absolute atomic E-state index is 8.80. The van der Waals surface area contributed by atoms with Crippen LogP contribution in [0.25, 0.3) is 0 Å². The summed E-state index contributed by atoms with van der Waals surface area (Å²) in [5.41, 5.74) is 1.47. The highest BCUT2D eigenvalue weighted by molar-refractivity contribution is 7.10. The molecule has 4 nitrogen and oxygen atoms in total. The van der Waals surface area contributed by atoms with Gasteiger partial charge < -0.3 is 14.8 Å². The van der Waals surface area contributed by atoms with Crippen LogP contribution in [-0.2, 0) is 6.54 Å². The molecular weight excluding hydrogens is 296 g/mol. The third kappa shape index (κ3) is 2.67. The molecule has 6 heteroatoms. The molecule has 0 bridgehead atoms. The first-order chi connectivity index (χ1) is 9.76. The number of ether oxygens (including phenoxy) is 2. The van der Waals surface area contributed by atoms with E-state index in [0.29, 0.717) is 41.8 Å². The predicted octanol–water partition coefficient (Wildman–Crippen LogP) is 3.66. The number of halogens is 1. The van der Waals surface area contributed by atoms with Gasteiger partial charge in [0.25, 0.3) is 0 Å². The van der Waals surface area contributed by atoms with Gasteiger partial charge in [-0.3, -0.25) is 0 Å². The molecule has 1 N–H and O–H groups in total. The Morgan fingerprint density at radius 3 is 2.70 bits per heavy atom. The molecule has 1 aromatic heterocycles. The summed E-state index contributed by atoms with van der Waals surface area (Å²) in [6.07, 6.45) is 0. The molecule has 0 amide bonds. The molecule has 20 heavy (non-hydrogen) atoms. The first-order valence-corrected chi connectivity index (χ1v) is 7.32. The minimum atomic E-state index is 0.544. The smallest absolute Gasteiger partial charge is 0.163 e. The van der Waals surface area contributed by atoms with E-state index in [1.54, 1.807) is 17.4 Å². The van der Waals surface area contributed by atoms with Crippen LogP contribution >= 0.6 is 22.9 Å². The number of hydrogen-bond acceptors (Lipinski definition) is 5. The minimum Gasteiger partial charge on any atom is -0.486 e. The maximum atomic E-state index is 8.80. The van der Waals surface area contributed by atoms with Crippen molar-refractivity contribution in [1.82, 2.24) is 0 Å². The van der Waals surface area contributed by atoms with E-state index in [1.807, 2.05) is 17.5 Å². The van der Waals surface area contributed by atoms with Gasteiger partial charge >= 0.3 is 0 Å². The van der Waals surface area contributed by atoms with Crippen LogP contribution in [0.15, 0.2) is 23.6 Å². The minimum absolute atomic E-state index is 0.544. The van der Waals surface area contributed by atoms with E-state index in [-0.39, 0.29) is 0 Å². The summed E-state index contributed by atoms with van der Waals surface area (Å²) in [6.45, 7) is 1.71. The normalized spacial score (nSPS) is 12.8. The van der Waals surface area contributed by atoms with Crippen LogP contribution in [0.1, 0.15) is 10.4 Å². The molecule has 0 spiro atoms. The van der Waals surface area contributed by atoms with Crippen LogP contribution < -0.4 is 14.8 Å². The van der Waals surface area contributed by atoms with E-state index >= 15 is 0 Å². The number of hydrogen-bond donors (Lipinski definition) is 1. The first kappa shape index (κ1) is 13.1. The third-order valence-electron chi connectivity index (χ3n) is 2.87. The summed E-state index contributed by atoms with van der Waals surface area (Å²) < 4.78 is 11.0. The highest BCUT2D eigenvalue weighted by Crippen LogP contribution is 2.38. The number of nitriles is 1. The van der Waals surface area contributed by atoms with Gasteiger partial charge in [-0.2, -0.15) is 5.26 Å². The number of anilines is 1. The fraction of sp³-hybridized carbons (Fsp3) is 0.214. The standard InChI is InChI=1S/C14H11ClN2O2S/c15-11-4-13-14(19-2-1-18-13)5-12(11)17-7-10-3-9(6-16)8-20-10/h3-5,8,17H,1-2,7H2. The Hall–Kier alpha value is -1.90. The molecule has 1 aromatic carbocycles. The summed E-state index contributed by atoms with van der Waals surface area (Å²) in [5, 5.41) is 14.5. The zero-order valence-electron chi connectivity index (χ0n) is 10.5. The summed E-state index contributed by atoms with van der Waals surface area (Å²) in [7, 11) is 0. The Kier molecular flexibility index (Phi) is 3.68. The van der Waals surface area contributed by atoms with Crippen LogP contribution in [0.5, 0.6) is 11.5 Å². The van der Waals surface area contributed by atoms with Gasteiger partial charge in [-0.15, -0.1) is 11.3 Å². The molecule has 1 aliphatic heterocycles. The fourth-order valence-corrected chi connectivity index (χ4v) is 2.88. The van der Waals surface area contributed by atoms with Gasteiger partial charge in [0.1, 0.15) is 19.3 Å². The second-order valence-corrected chi connectivity index (χ2v) is 5.65. The van der Waals surface area contributed by atoms with Gasteiger partial charge in [0.05, 0.1) is 16.3 Å². The van der Waals surface area contributed by atoms with E-state index in [4.69, 9.17) is 26.3 Å². The van der Waals surface area contributed by atoms with Crippen molar-refractivity contribution in [2.24, 2.45) is 0 Å². The molecule has 1 aliphatic rings. The van der Waals surface area contributed by atoms with Crippen LogP contribution in [0.3, 0.4) is 0 Å². The maximum Gasteiger partial charge on any atom is 0.163 e. The lowest BCUT2D eigenvalue weighted by Crippen LogP contribution is -2.15. The zero-order valence-corrected chi connectivity index (χ0v) is 12.1. The van der Waals surface area contributed by atoms with Gasteiger partial charge in [0, 0.05) is 28.9 Å². The van der Waals surface area contributed by atoms with Gasteiger partial charge in [-0.05, 0) is 6.07 Å². The molecule has 0 radical (unpaired) electrons. The summed E-state index contributed by atoms with van der Waals surface area (Å²) in [5.74, 6) is 1.38. The largest absolute Gasteiger partial charge is 0.486 e. The number of nitrogens with zero attached hydrogens (tertiary/aromatic N) is 1. The van der Waals surface area contributed by atoms with Crippen LogP contribution in [0.4, 0.5) is 5.69 Å². The van der Waals surface area contributed by atoms with E-state index in [2.05, 4.69) is 11.4 Å². The second kappa shape index (κ2) is 5.61. The van der Waals surface area contributed by atoms with Crippen molar-refractivity contribution in [2.75, 3.05) is 18.5 Å². The lowest BCUT2D eigenvalue weighted by atomic mass is 10.2. The van der Waals surface area contributed by atoms with Gasteiger partial charge in [-0.25, -0.2) is 0 Å². The number of benzene rings is 1. The topological polar surface area (TPSA) is 54.3 Å². The highest BCUT2D eigenvalue weighted by Gasteiger charge is 2.15. The Balaban J connectivity index is 1.75. The van der Waals surface area contributed by atoms with Crippen molar-refractivity contribution in [1.29, 1.82) is 5.26 Å². The van der Waals surface area contributed by atoms with Crippen molar-refractivity contribution in [3.05, 3.63) is 39.0 Å². The second-order valence-electron chi connectivity index (χ2n) is 4.24. The monoisotopic (exact) mass is 306 g/mol. The fourth-order valence-electron chi connectivity index (χ4n) is 1.91. The number of thiophene rings is 1. The lowest BCUT2D eigenvalue weighted by Gasteiger charge is -2.20. The Morgan fingerprint density at radius 2 is 2.00 bits per heavy atom. The van der Waals surface area contributed by atoms with E-state index in [0.717, 1.165) is 10.6 Å². The molecule has 2 heterocycles. The quantitative estimate of drug-likeness (QED) is 0.940. The average molecular weight is 307 g/mol. The molecule has 3 rings (SSSR count). The predicted molar refractivity (Wildman–Crippen MR) is 78.8 cm³/mol. The van der Waals surface area contributed by atoms with E-state index in [9.17, 15) is 0 Å². The number of nitrogens with one attached hydrogen (secondary N) is 1. The van der Waals surface area contributed by atoms with Crippen molar-refractivity contribution < 1.29 is 9.47 Å². The van der Waals surface area contributed by atoms with Crippen molar-refractivity contribution in [3.8, 4) is 17.6 Å². The Morgan fingerprint density at radius 1 is 1.25 bits per heavy atom. The van der Waals surface area contributed by atoms with Gasteiger partial charge in [0.15, 0.2) is 11.5 Å². The molecule has 0 atom stereocenters. The zero-order chi connectivity index (χ0) is 13.9. The van der Waals surface area contributed by atoms with Crippen LogP contribution in [0, 0.1) is 11.3 Å². The molecule has 0 saturated carbocycles. The van der Waals surface area contributed by atoms with Gasteiger partial charge in [0.2, 0.25) is 0 Å². The van der Waals surface area contributed by atoms with Gasteiger partial charge in [-0.1, -0.05) is 11.6 Å². The lowest BCUT2D eigenvalue weighted by molar-refractivity contribution is 0.171. The molecule has 0 unspecified atom stereocenters. The molecular formula is C14H11ClN2O2S. The van der Waals surface area contributed by atoms with Crippen LogP contribution in [0.2, 0.25) is 5.02 Å². The SMILES string of the molecule is N#Cc1csc(CNc2cc3c(cc2Cl)OCCO3)c1. The summed E-state index contributed by atoms with van der Waals surface area (Å²) in [4.78, 5) is 1.08. The first-order valence-electron chi connectivity index (χ1n) is 6.07. The molecule has 0 fully saturated rings. The molecule has 0 aliphatic carbocycles. The molecule has 102 valence electrons. The summed E-state index contributed by atoms with van der Waals surface area (Å²) in [6, 6.07) is 7.58. The van der Waals surface area contributed by atoms with Crippen LogP contribution in [-0.4, -0.2) is 13.2 Å². The van der Waals surface area contributed by atoms with Crippen molar-refractivity contribution in [2.45, 2.75) is 6.54 Å². The van der Waals surface area contributed by atoms with Crippen molar-refractivity contribution in [3.63, 3.8) is 0 Å². The number of fused-ring (bicyclic) bond motifs is 1. The third-order valence-corrected chi connectivity index (χ3v) is 4.12. The molecule has 0 saturated heterocycles. The Labute approximate surface area is 125 Å².